The topological polar surface area (TPSA) is 55.6 Å². The molecule has 4 nitrogen and oxygen atoms in total. The molecular formula is C22H17FN2O2. The van der Waals surface area contributed by atoms with E-state index in [0.717, 1.165) is 5.56 Å². The van der Waals surface area contributed by atoms with Crippen LogP contribution in [0.4, 0.5) is 15.8 Å². The molecule has 134 valence electrons. The van der Waals surface area contributed by atoms with Crippen LogP contribution in [-0.2, 0) is 11.3 Å². The predicted molar refractivity (Wildman–Crippen MR) is 103 cm³/mol. The van der Waals surface area contributed by atoms with Gasteiger partial charge in [-0.15, -0.1) is 0 Å². The molecule has 0 radical (unpaired) electrons. The Labute approximate surface area is 156 Å². The normalized spacial score (nSPS) is 14.8. The number of hydrogen-bond donors (Lipinski definition) is 1. The number of ether oxygens (including phenoxy) is 1. The summed E-state index contributed by atoms with van der Waals surface area (Å²) in [6.07, 6.45) is 1.67. The van der Waals surface area contributed by atoms with Crippen molar-refractivity contribution in [3.05, 3.63) is 95.5 Å². The van der Waals surface area contributed by atoms with Gasteiger partial charge >= 0.3 is 0 Å². The van der Waals surface area contributed by atoms with E-state index in [4.69, 9.17) is 10.5 Å². The molecule has 0 unspecified atom stereocenters. The van der Waals surface area contributed by atoms with Crippen molar-refractivity contribution < 1.29 is 13.9 Å². The minimum Gasteiger partial charge on any atom is -0.449 e. The highest BCUT2D eigenvalue weighted by atomic mass is 19.1. The van der Waals surface area contributed by atoms with E-state index in [2.05, 4.69) is 0 Å². The van der Waals surface area contributed by atoms with E-state index >= 15 is 0 Å². The van der Waals surface area contributed by atoms with Gasteiger partial charge in [0.2, 0.25) is 0 Å². The number of nitrogens with zero attached hydrogens (tertiary/aromatic N) is 1. The molecule has 2 N–H and O–H groups in total. The summed E-state index contributed by atoms with van der Waals surface area (Å²) < 4.78 is 20.0. The van der Waals surface area contributed by atoms with Crippen LogP contribution in [0.1, 0.15) is 11.1 Å². The molecule has 3 aromatic rings. The number of nitrogen functional groups attached to an aromatic ring is 1. The molecule has 1 aliphatic rings. The van der Waals surface area contributed by atoms with Gasteiger partial charge in [0.05, 0.1) is 12.2 Å². The molecule has 1 amide bonds. The maximum Gasteiger partial charge on any atom is 0.294 e. The maximum absolute atomic E-state index is 14.2. The number of carbonyl (C=O) groups is 1. The van der Waals surface area contributed by atoms with Gasteiger partial charge in [0.25, 0.3) is 5.91 Å². The van der Waals surface area contributed by atoms with E-state index in [-0.39, 0.29) is 24.0 Å². The van der Waals surface area contributed by atoms with Crippen LogP contribution < -0.4 is 15.4 Å². The second kappa shape index (κ2) is 6.96. The molecule has 0 fully saturated rings. The van der Waals surface area contributed by atoms with Crippen LogP contribution in [-0.4, -0.2) is 5.91 Å². The first kappa shape index (κ1) is 16.8. The largest absolute Gasteiger partial charge is 0.449 e. The Morgan fingerprint density at radius 2 is 1.74 bits per heavy atom. The lowest BCUT2D eigenvalue weighted by atomic mass is 10.1. The summed E-state index contributed by atoms with van der Waals surface area (Å²) in [7, 11) is 0. The van der Waals surface area contributed by atoms with Gasteiger partial charge < -0.3 is 10.5 Å². The SMILES string of the molecule is Nc1ccc2c(c1)O/C(=C/c1ccccc1)C(=O)N2Cc1ccccc1F. The molecule has 0 aliphatic carbocycles. The monoisotopic (exact) mass is 360 g/mol. The first-order valence-corrected chi connectivity index (χ1v) is 8.51. The number of amides is 1. The quantitative estimate of drug-likeness (QED) is 0.557. The fourth-order valence-corrected chi connectivity index (χ4v) is 2.99. The predicted octanol–water partition coefficient (Wildman–Crippen LogP) is 4.37. The van der Waals surface area contributed by atoms with Crippen molar-refractivity contribution in [2.75, 3.05) is 10.6 Å². The smallest absolute Gasteiger partial charge is 0.294 e. The third kappa shape index (κ3) is 3.40. The molecule has 0 spiro atoms. The Morgan fingerprint density at radius 3 is 2.52 bits per heavy atom. The number of benzene rings is 3. The number of hydrogen-bond acceptors (Lipinski definition) is 3. The fraction of sp³-hybridized carbons (Fsp3) is 0.0455. The van der Waals surface area contributed by atoms with Crippen LogP contribution in [0.2, 0.25) is 0 Å². The first-order valence-electron chi connectivity index (χ1n) is 8.51. The molecule has 0 atom stereocenters. The molecule has 3 aromatic carbocycles. The number of anilines is 2. The summed E-state index contributed by atoms with van der Waals surface area (Å²) >= 11 is 0. The Kier molecular flexibility index (Phi) is 4.34. The van der Waals surface area contributed by atoms with Crippen molar-refractivity contribution in [2.24, 2.45) is 0 Å². The highest BCUT2D eigenvalue weighted by Crippen LogP contribution is 2.38. The third-order valence-corrected chi connectivity index (χ3v) is 4.33. The zero-order valence-corrected chi connectivity index (χ0v) is 14.4. The van der Waals surface area contributed by atoms with Crippen molar-refractivity contribution in [1.29, 1.82) is 0 Å². The highest BCUT2D eigenvalue weighted by molar-refractivity contribution is 6.09. The van der Waals surface area contributed by atoms with Crippen LogP contribution in [0, 0.1) is 5.82 Å². The van der Waals surface area contributed by atoms with E-state index in [0.29, 0.717) is 22.7 Å². The summed E-state index contributed by atoms with van der Waals surface area (Å²) in [5, 5.41) is 0. The van der Waals surface area contributed by atoms with Gasteiger partial charge in [0.15, 0.2) is 11.5 Å². The number of rotatable bonds is 3. The molecule has 1 heterocycles. The Hall–Kier alpha value is -3.60. The van der Waals surface area contributed by atoms with E-state index in [1.807, 2.05) is 30.3 Å². The number of halogens is 1. The lowest BCUT2D eigenvalue weighted by Gasteiger charge is -2.31. The standard InChI is InChI=1S/C22H17FN2O2/c23-18-9-5-4-8-16(18)14-25-19-11-10-17(24)13-20(19)27-21(22(25)26)12-15-6-2-1-3-7-15/h1-13H,14,24H2/b21-12+. The molecule has 4 rings (SSSR count). The maximum atomic E-state index is 14.2. The van der Waals surface area contributed by atoms with Crippen molar-refractivity contribution in [2.45, 2.75) is 6.54 Å². The van der Waals surface area contributed by atoms with Crippen LogP contribution in [0.5, 0.6) is 5.75 Å². The summed E-state index contributed by atoms with van der Waals surface area (Å²) in [4.78, 5) is 14.6. The molecule has 0 bridgehead atoms. The van der Waals surface area contributed by atoms with Crippen LogP contribution in [0.3, 0.4) is 0 Å². The van der Waals surface area contributed by atoms with Crippen molar-refractivity contribution in [3.8, 4) is 5.75 Å². The van der Waals surface area contributed by atoms with Crippen LogP contribution in [0.25, 0.3) is 6.08 Å². The molecular weight excluding hydrogens is 343 g/mol. The van der Waals surface area contributed by atoms with Gasteiger partial charge in [0, 0.05) is 17.3 Å². The van der Waals surface area contributed by atoms with Crippen LogP contribution in [0.15, 0.2) is 78.6 Å². The van der Waals surface area contributed by atoms with Gasteiger partial charge in [-0.2, -0.15) is 0 Å². The number of carbonyl (C=O) groups excluding carboxylic acids is 1. The van der Waals surface area contributed by atoms with Gasteiger partial charge in [0.1, 0.15) is 5.82 Å². The Bertz CT molecular complexity index is 1030. The summed E-state index contributed by atoms with van der Waals surface area (Å²) in [6.45, 7) is 0.0952. The lowest BCUT2D eigenvalue weighted by molar-refractivity contribution is -0.117. The van der Waals surface area contributed by atoms with E-state index in [9.17, 15) is 9.18 Å². The molecule has 0 saturated carbocycles. The summed E-state index contributed by atoms with van der Waals surface area (Å²) in [6, 6.07) is 20.9. The summed E-state index contributed by atoms with van der Waals surface area (Å²) in [5.41, 5.74) is 8.21. The second-order valence-electron chi connectivity index (χ2n) is 6.23. The highest BCUT2D eigenvalue weighted by Gasteiger charge is 2.31. The minimum absolute atomic E-state index is 0.0952. The van der Waals surface area contributed by atoms with E-state index in [1.54, 1.807) is 42.5 Å². The van der Waals surface area contributed by atoms with E-state index < -0.39 is 0 Å². The number of nitrogens with two attached hydrogens (primary N) is 1. The second-order valence-corrected chi connectivity index (χ2v) is 6.23. The van der Waals surface area contributed by atoms with Crippen molar-refractivity contribution in [3.63, 3.8) is 0 Å². The van der Waals surface area contributed by atoms with Crippen LogP contribution >= 0.6 is 0 Å². The minimum atomic E-state index is -0.359. The van der Waals surface area contributed by atoms with E-state index in [1.165, 1.54) is 11.0 Å². The molecule has 0 aromatic heterocycles. The third-order valence-electron chi connectivity index (χ3n) is 4.33. The fourth-order valence-electron chi connectivity index (χ4n) is 2.99. The van der Waals surface area contributed by atoms with Gasteiger partial charge in [-0.1, -0.05) is 48.5 Å². The molecule has 0 saturated heterocycles. The molecule has 27 heavy (non-hydrogen) atoms. The zero-order valence-electron chi connectivity index (χ0n) is 14.4. The molecule has 5 heteroatoms. The average Bonchev–Trinajstić information content (AvgIpc) is 2.67. The number of fused-ring (bicyclic) bond motifs is 1. The van der Waals surface area contributed by atoms with Crippen molar-refractivity contribution in [1.82, 2.24) is 0 Å². The van der Waals surface area contributed by atoms with Gasteiger partial charge in [-0.25, -0.2) is 4.39 Å². The van der Waals surface area contributed by atoms with Gasteiger partial charge in [-0.05, 0) is 29.8 Å². The Balaban J connectivity index is 1.78. The zero-order chi connectivity index (χ0) is 18.8. The molecule has 1 aliphatic heterocycles. The first-order chi connectivity index (χ1) is 13.1. The average molecular weight is 360 g/mol. The lowest BCUT2D eigenvalue weighted by Crippen LogP contribution is -2.37. The Morgan fingerprint density at radius 1 is 1.00 bits per heavy atom. The van der Waals surface area contributed by atoms with Crippen molar-refractivity contribution >= 4 is 23.4 Å². The van der Waals surface area contributed by atoms with Gasteiger partial charge in [-0.3, -0.25) is 9.69 Å². The summed E-state index contributed by atoms with van der Waals surface area (Å²) in [5.74, 6) is -0.0643.